The minimum absolute atomic E-state index is 0.00398. The quantitative estimate of drug-likeness (QED) is 0.836. The van der Waals surface area contributed by atoms with Crippen LogP contribution in [0.15, 0.2) is 0 Å². The number of fused-ring (bicyclic) bond motifs is 2. The molecule has 20 heavy (non-hydrogen) atoms. The molecule has 3 heterocycles. The number of amides is 1. The number of carboxylic acids is 1. The molecule has 0 unspecified atom stereocenters. The molecule has 3 rings (SSSR count). The van der Waals surface area contributed by atoms with E-state index in [0.29, 0.717) is 0 Å². The van der Waals surface area contributed by atoms with Crippen molar-refractivity contribution in [3.8, 4) is 0 Å². The van der Waals surface area contributed by atoms with Crippen LogP contribution in [0.4, 0.5) is 0 Å². The number of likely N-dealkylation sites (tertiary alicyclic amines) is 1. The van der Waals surface area contributed by atoms with E-state index >= 15 is 0 Å². The van der Waals surface area contributed by atoms with Crippen LogP contribution in [0.25, 0.3) is 0 Å². The summed E-state index contributed by atoms with van der Waals surface area (Å²) >= 11 is 0. The summed E-state index contributed by atoms with van der Waals surface area (Å²) in [6, 6.07) is 0.416. The van der Waals surface area contributed by atoms with Gasteiger partial charge in [-0.3, -0.25) is 9.59 Å². The lowest BCUT2D eigenvalue weighted by Gasteiger charge is -2.42. The van der Waals surface area contributed by atoms with Crippen LogP contribution in [0.5, 0.6) is 0 Å². The molecule has 0 aliphatic carbocycles. The Balaban J connectivity index is 1.83. The summed E-state index contributed by atoms with van der Waals surface area (Å²) in [7, 11) is 0. The zero-order valence-electron chi connectivity index (χ0n) is 12.1. The first-order valence-corrected chi connectivity index (χ1v) is 7.71. The first-order valence-electron chi connectivity index (χ1n) is 7.71. The SMILES string of the molecule is C[C@@H]1CCC[C@H](C)N1C(=O)[C@H]1[C@@H](C(=O)O)[C@@H]2CC[C@@H]1O2. The third kappa shape index (κ3) is 2.03. The Bertz CT molecular complexity index is 414. The molecule has 0 aromatic heterocycles. The van der Waals surface area contributed by atoms with Gasteiger partial charge in [-0.1, -0.05) is 0 Å². The van der Waals surface area contributed by atoms with Crippen LogP contribution in [0.3, 0.4) is 0 Å². The molecule has 5 nitrogen and oxygen atoms in total. The Labute approximate surface area is 119 Å². The fourth-order valence-electron chi connectivity index (χ4n) is 4.33. The largest absolute Gasteiger partial charge is 0.481 e. The molecular formula is C15H23NO4. The van der Waals surface area contributed by atoms with Crippen molar-refractivity contribution in [3.05, 3.63) is 0 Å². The van der Waals surface area contributed by atoms with E-state index in [9.17, 15) is 14.7 Å². The van der Waals surface area contributed by atoms with Crippen LogP contribution >= 0.6 is 0 Å². The lowest BCUT2D eigenvalue weighted by Crippen LogP contribution is -2.53. The van der Waals surface area contributed by atoms with Crippen molar-refractivity contribution in [2.75, 3.05) is 0 Å². The van der Waals surface area contributed by atoms with Crippen molar-refractivity contribution in [3.63, 3.8) is 0 Å². The van der Waals surface area contributed by atoms with Gasteiger partial charge in [0.15, 0.2) is 0 Å². The molecule has 3 fully saturated rings. The van der Waals surface area contributed by atoms with Crippen molar-refractivity contribution in [1.82, 2.24) is 4.90 Å². The topological polar surface area (TPSA) is 66.8 Å². The summed E-state index contributed by atoms with van der Waals surface area (Å²) in [6.07, 6.45) is 4.31. The lowest BCUT2D eigenvalue weighted by molar-refractivity contribution is -0.153. The maximum atomic E-state index is 12.9. The molecule has 0 radical (unpaired) electrons. The monoisotopic (exact) mass is 281 g/mol. The number of hydrogen-bond donors (Lipinski definition) is 1. The number of carbonyl (C=O) groups excluding carboxylic acids is 1. The van der Waals surface area contributed by atoms with E-state index in [-0.39, 0.29) is 30.2 Å². The molecule has 112 valence electrons. The number of carboxylic acid groups (broad SMARTS) is 1. The van der Waals surface area contributed by atoms with E-state index in [4.69, 9.17) is 4.74 Å². The average molecular weight is 281 g/mol. The molecule has 5 heteroatoms. The molecule has 2 bridgehead atoms. The number of aliphatic carboxylic acids is 1. The maximum absolute atomic E-state index is 12.9. The zero-order valence-corrected chi connectivity index (χ0v) is 12.1. The normalized spacial score (nSPS) is 43.8. The van der Waals surface area contributed by atoms with Crippen molar-refractivity contribution >= 4 is 11.9 Å². The van der Waals surface area contributed by atoms with Gasteiger partial charge in [0.2, 0.25) is 5.91 Å². The Hall–Kier alpha value is -1.10. The number of ether oxygens (including phenoxy) is 1. The van der Waals surface area contributed by atoms with E-state index in [1.165, 1.54) is 0 Å². The highest BCUT2D eigenvalue weighted by Gasteiger charge is 2.57. The standard InChI is InChI=1S/C15H23NO4/c1-8-4-3-5-9(2)16(8)14(17)12-10-6-7-11(20-10)13(12)15(18)19/h8-13H,3-7H2,1-2H3,(H,18,19)/t8-,9+,10-,11-,12+,13-/m0/s1. The number of piperidine rings is 1. The fraction of sp³-hybridized carbons (Fsp3) is 0.867. The van der Waals surface area contributed by atoms with Crippen LogP contribution in [0.1, 0.15) is 46.0 Å². The fourth-order valence-corrected chi connectivity index (χ4v) is 4.33. The van der Waals surface area contributed by atoms with Crippen LogP contribution in [-0.4, -0.2) is 46.2 Å². The molecule has 3 aliphatic heterocycles. The Morgan fingerprint density at radius 3 is 2.10 bits per heavy atom. The summed E-state index contributed by atoms with van der Waals surface area (Å²) in [6.45, 7) is 4.13. The molecule has 0 spiro atoms. The van der Waals surface area contributed by atoms with Crippen molar-refractivity contribution in [2.24, 2.45) is 11.8 Å². The molecule has 1 N–H and O–H groups in total. The van der Waals surface area contributed by atoms with Crippen LogP contribution in [0, 0.1) is 11.8 Å². The van der Waals surface area contributed by atoms with Crippen LogP contribution in [0.2, 0.25) is 0 Å². The number of carbonyl (C=O) groups is 2. The van der Waals surface area contributed by atoms with Gasteiger partial charge < -0.3 is 14.7 Å². The molecular weight excluding hydrogens is 258 g/mol. The van der Waals surface area contributed by atoms with Gasteiger partial charge in [0.1, 0.15) is 0 Å². The van der Waals surface area contributed by atoms with Gasteiger partial charge in [-0.25, -0.2) is 0 Å². The first-order chi connectivity index (χ1) is 9.50. The van der Waals surface area contributed by atoms with Gasteiger partial charge in [0.05, 0.1) is 24.0 Å². The Kier molecular flexibility index (Phi) is 3.48. The maximum Gasteiger partial charge on any atom is 0.310 e. The Morgan fingerprint density at radius 1 is 1.00 bits per heavy atom. The number of rotatable bonds is 2. The van der Waals surface area contributed by atoms with Gasteiger partial charge in [-0.2, -0.15) is 0 Å². The predicted molar refractivity (Wildman–Crippen MR) is 72.1 cm³/mol. The second-order valence-electron chi connectivity index (χ2n) is 6.55. The molecule has 6 atom stereocenters. The first kappa shape index (κ1) is 13.9. The smallest absolute Gasteiger partial charge is 0.310 e. The molecule has 0 saturated carbocycles. The van der Waals surface area contributed by atoms with Crippen LogP contribution < -0.4 is 0 Å². The van der Waals surface area contributed by atoms with Crippen molar-refractivity contribution in [2.45, 2.75) is 70.2 Å². The molecule has 0 aromatic rings. The number of nitrogens with zero attached hydrogens (tertiary/aromatic N) is 1. The van der Waals surface area contributed by atoms with Gasteiger partial charge >= 0.3 is 5.97 Å². The summed E-state index contributed by atoms with van der Waals surface area (Å²) in [5.41, 5.74) is 0. The van der Waals surface area contributed by atoms with Crippen molar-refractivity contribution in [1.29, 1.82) is 0 Å². The average Bonchev–Trinajstić information content (AvgIpc) is 2.98. The lowest BCUT2D eigenvalue weighted by atomic mass is 9.77. The number of hydrogen-bond acceptors (Lipinski definition) is 3. The van der Waals surface area contributed by atoms with E-state index in [1.807, 2.05) is 4.90 Å². The van der Waals surface area contributed by atoms with E-state index in [2.05, 4.69) is 13.8 Å². The van der Waals surface area contributed by atoms with Gasteiger partial charge in [-0.05, 0) is 46.0 Å². The molecule has 1 amide bonds. The van der Waals surface area contributed by atoms with Gasteiger partial charge in [0, 0.05) is 12.1 Å². The highest BCUT2D eigenvalue weighted by Crippen LogP contribution is 2.45. The second kappa shape index (κ2) is 5.02. The highest BCUT2D eigenvalue weighted by molar-refractivity contribution is 5.87. The molecule has 0 aromatic carbocycles. The molecule has 3 saturated heterocycles. The van der Waals surface area contributed by atoms with Crippen LogP contribution in [-0.2, 0) is 14.3 Å². The minimum atomic E-state index is -0.882. The summed E-state index contributed by atoms with van der Waals surface area (Å²) < 4.78 is 5.71. The predicted octanol–water partition coefficient (Wildman–Crippen LogP) is 1.65. The van der Waals surface area contributed by atoms with E-state index in [0.717, 1.165) is 32.1 Å². The van der Waals surface area contributed by atoms with Crippen molar-refractivity contribution < 1.29 is 19.4 Å². The second-order valence-corrected chi connectivity index (χ2v) is 6.55. The summed E-state index contributed by atoms with van der Waals surface area (Å²) in [5.74, 6) is -2.01. The summed E-state index contributed by atoms with van der Waals surface area (Å²) in [5, 5.41) is 9.43. The van der Waals surface area contributed by atoms with Gasteiger partial charge in [-0.15, -0.1) is 0 Å². The highest BCUT2D eigenvalue weighted by atomic mass is 16.5. The van der Waals surface area contributed by atoms with E-state index < -0.39 is 17.8 Å². The minimum Gasteiger partial charge on any atom is -0.481 e. The third-order valence-electron chi connectivity index (χ3n) is 5.29. The van der Waals surface area contributed by atoms with Gasteiger partial charge in [0.25, 0.3) is 0 Å². The zero-order chi connectivity index (χ0) is 14.4. The molecule has 3 aliphatic rings. The van der Waals surface area contributed by atoms with E-state index in [1.54, 1.807) is 0 Å². The Morgan fingerprint density at radius 2 is 1.55 bits per heavy atom. The third-order valence-corrected chi connectivity index (χ3v) is 5.29. The summed E-state index contributed by atoms with van der Waals surface area (Å²) in [4.78, 5) is 26.3.